The molecule has 0 spiro atoms. The van der Waals surface area contributed by atoms with Crippen LogP contribution in [-0.4, -0.2) is 85.3 Å². The van der Waals surface area contributed by atoms with E-state index in [2.05, 4.69) is 42.5 Å². The van der Waals surface area contributed by atoms with Gasteiger partial charge in [0.05, 0.1) is 0 Å². The number of hydrogen-bond acceptors (Lipinski definition) is 5. The zero-order valence-corrected chi connectivity index (χ0v) is 17.9. The van der Waals surface area contributed by atoms with Crippen LogP contribution in [0, 0.1) is 11.8 Å². The molecule has 7 heteroatoms. The molecule has 160 valence electrons. The molecule has 1 aromatic rings. The summed E-state index contributed by atoms with van der Waals surface area (Å²) < 4.78 is 0. The van der Waals surface area contributed by atoms with Gasteiger partial charge in [0.1, 0.15) is 5.82 Å². The number of pyridine rings is 1. The van der Waals surface area contributed by atoms with Gasteiger partial charge in [0.25, 0.3) is 0 Å². The highest BCUT2D eigenvalue weighted by atomic mass is 16.2. The van der Waals surface area contributed by atoms with Crippen LogP contribution in [0.4, 0.5) is 10.6 Å². The van der Waals surface area contributed by atoms with Crippen molar-refractivity contribution >= 4 is 11.8 Å². The van der Waals surface area contributed by atoms with E-state index >= 15 is 0 Å². The molecule has 1 unspecified atom stereocenters. The molecule has 4 aliphatic rings. The Morgan fingerprint density at radius 1 is 1.21 bits per heavy atom. The van der Waals surface area contributed by atoms with E-state index in [1.165, 1.54) is 32.5 Å². The largest absolute Gasteiger partial charge is 0.354 e. The first-order chi connectivity index (χ1) is 14.1. The number of piperidine rings is 3. The van der Waals surface area contributed by atoms with Crippen molar-refractivity contribution < 1.29 is 4.79 Å². The maximum atomic E-state index is 11.9. The molecule has 0 saturated carbocycles. The Morgan fingerprint density at radius 3 is 2.69 bits per heavy atom. The quantitative estimate of drug-likeness (QED) is 0.760. The van der Waals surface area contributed by atoms with Gasteiger partial charge in [-0.1, -0.05) is 6.07 Å². The standard InChI is InChI=1S/C22H36N6O/c1-17(2)25-22(29)24-14-20-13-18-6-8-28(20)16-19(18)15-26-9-11-27(12-10-26)21-5-3-4-7-23-21/h3-5,7,17-20H,6,8-16H2,1-2H3,(H2,24,25,29)/t18-,19+,20+/m1/s1. The number of hydrogen-bond donors (Lipinski definition) is 2. The highest BCUT2D eigenvalue weighted by Gasteiger charge is 2.40. The van der Waals surface area contributed by atoms with Gasteiger partial charge in [-0.25, -0.2) is 9.78 Å². The molecular weight excluding hydrogens is 364 g/mol. The number of rotatable bonds is 6. The summed E-state index contributed by atoms with van der Waals surface area (Å²) in [5.74, 6) is 2.67. The maximum Gasteiger partial charge on any atom is 0.315 e. The summed E-state index contributed by atoms with van der Waals surface area (Å²) in [6.45, 7) is 12.7. The molecule has 5 rings (SSSR count). The highest BCUT2D eigenvalue weighted by Crippen LogP contribution is 2.36. The minimum Gasteiger partial charge on any atom is -0.354 e. The fourth-order valence-corrected chi connectivity index (χ4v) is 5.22. The summed E-state index contributed by atoms with van der Waals surface area (Å²) in [7, 11) is 0. The van der Waals surface area contributed by atoms with Gasteiger partial charge in [-0.3, -0.25) is 9.80 Å². The normalized spacial score (nSPS) is 29.8. The van der Waals surface area contributed by atoms with E-state index in [1.54, 1.807) is 0 Å². The SMILES string of the molecule is CC(C)NC(=O)NC[C@@H]1C[C@H]2CCN1C[C@@H]2CN1CCN(c2ccccn2)CC1. The molecule has 4 saturated heterocycles. The van der Waals surface area contributed by atoms with Gasteiger partial charge >= 0.3 is 6.03 Å². The van der Waals surface area contributed by atoms with Gasteiger partial charge in [-0.15, -0.1) is 0 Å². The van der Waals surface area contributed by atoms with Crippen molar-refractivity contribution in [1.29, 1.82) is 0 Å². The summed E-state index contributed by atoms with van der Waals surface area (Å²) in [5.41, 5.74) is 0. The number of piperazine rings is 1. The molecule has 1 aromatic heterocycles. The number of urea groups is 1. The number of nitrogens with one attached hydrogen (secondary N) is 2. The lowest BCUT2D eigenvalue weighted by Gasteiger charge is -2.51. The Labute approximate surface area is 174 Å². The number of fused-ring (bicyclic) bond motifs is 3. The second-order valence-corrected chi connectivity index (χ2v) is 9.18. The fourth-order valence-electron chi connectivity index (χ4n) is 5.22. The van der Waals surface area contributed by atoms with E-state index < -0.39 is 0 Å². The Balaban J connectivity index is 1.22. The van der Waals surface area contributed by atoms with Crippen LogP contribution in [0.1, 0.15) is 26.7 Å². The third kappa shape index (κ3) is 5.20. The molecule has 2 amide bonds. The number of carbonyl (C=O) groups is 1. The van der Waals surface area contributed by atoms with Crippen molar-refractivity contribution in [3.63, 3.8) is 0 Å². The van der Waals surface area contributed by atoms with Crippen LogP contribution in [0.25, 0.3) is 0 Å². The molecule has 2 bridgehead atoms. The van der Waals surface area contributed by atoms with Crippen LogP contribution in [0.15, 0.2) is 24.4 Å². The van der Waals surface area contributed by atoms with Crippen molar-refractivity contribution in [3.8, 4) is 0 Å². The predicted molar refractivity (Wildman–Crippen MR) is 116 cm³/mol. The van der Waals surface area contributed by atoms with E-state index in [-0.39, 0.29) is 12.1 Å². The average molecular weight is 401 g/mol. The zero-order valence-electron chi connectivity index (χ0n) is 17.9. The van der Waals surface area contributed by atoms with Crippen LogP contribution in [-0.2, 0) is 0 Å². The van der Waals surface area contributed by atoms with Gasteiger partial charge in [0.15, 0.2) is 0 Å². The number of carbonyl (C=O) groups excluding carboxylic acids is 1. The number of nitrogens with zero attached hydrogens (tertiary/aromatic N) is 4. The van der Waals surface area contributed by atoms with Crippen LogP contribution in [0.3, 0.4) is 0 Å². The average Bonchev–Trinajstić information content (AvgIpc) is 2.74. The van der Waals surface area contributed by atoms with E-state index in [1.807, 2.05) is 26.1 Å². The molecule has 29 heavy (non-hydrogen) atoms. The van der Waals surface area contributed by atoms with E-state index in [0.717, 1.165) is 50.4 Å². The minimum absolute atomic E-state index is 0.0371. The molecular formula is C22H36N6O. The minimum atomic E-state index is -0.0371. The Hall–Kier alpha value is -1.86. The maximum absolute atomic E-state index is 11.9. The lowest BCUT2D eigenvalue weighted by atomic mass is 9.75. The number of anilines is 1. The van der Waals surface area contributed by atoms with E-state index in [0.29, 0.717) is 6.04 Å². The lowest BCUT2D eigenvalue weighted by molar-refractivity contribution is -0.0115. The van der Waals surface area contributed by atoms with Crippen LogP contribution < -0.4 is 15.5 Å². The summed E-state index contributed by atoms with van der Waals surface area (Å²) in [6, 6.07) is 6.81. The summed E-state index contributed by atoms with van der Waals surface area (Å²) in [5, 5.41) is 5.99. The lowest BCUT2D eigenvalue weighted by Crippen LogP contribution is -2.60. The molecule has 5 heterocycles. The smallest absolute Gasteiger partial charge is 0.315 e. The van der Waals surface area contributed by atoms with Gasteiger partial charge in [0.2, 0.25) is 0 Å². The van der Waals surface area contributed by atoms with Crippen molar-refractivity contribution in [2.45, 2.75) is 38.8 Å². The molecule has 4 fully saturated rings. The van der Waals surface area contributed by atoms with Crippen LogP contribution >= 0.6 is 0 Å². The van der Waals surface area contributed by atoms with Gasteiger partial charge < -0.3 is 15.5 Å². The molecule has 7 nitrogen and oxygen atoms in total. The predicted octanol–water partition coefficient (Wildman–Crippen LogP) is 1.62. The molecule has 0 aromatic carbocycles. The monoisotopic (exact) mass is 400 g/mol. The first-order valence-electron chi connectivity index (χ1n) is 11.2. The third-order valence-corrected chi connectivity index (χ3v) is 6.77. The summed E-state index contributed by atoms with van der Waals surface area (Å²) >= 11 is 0. The molecule has 0 radical (unpaired) electrons. The van der Waals surface area contributed by atoms with Crippen molar-refractivity contribution in [3.05, 3.63) is 24.4 Å². The topological polar surface area (TPSA) is 63.7 Å². The fraction of sp³-hybridized carbons (Fsp3) is 0.727. The molecule has 0 aliphatic carbocycles. The molecule has 2 N–H and O–H groups in total. The van der Waals surface area contributed by atoms with Crippen LogP contribution in [0.2, 0.25) is 0 Å². The van der Waals surface area contributed by atoms with Crippen molar-refractivity contribution in [2.75, 3.05) is 57.3 Å². The second kappa shape index (κ2) is 9.30. The first kappa shape index (κ1) is 20.4. The summed E-state index contributed by atoms with van der Waals surface area (Å²) in [4.78, 5) is 24.1. The van der Waals surface area contributed by atoms with E-state index in [4.69, 9.17) is 0 Å². The first-order valence-corrected chi connectivity index (χ1v) is 11.2. The Bertz CT molecular complexity index is 661. The Kier molecular flexibility index (Phi) is 6.55. The van der Waals surface area contributed by atoms with E-state index in [9.17, 15) is 4.79 Å². The summed E-state index contributed by atoms with van der Waals surface area (Å²) in [6.07, 6.45) is 4.42. The zero-order chi connectivity index (χ0) is 20.2. The number of amides is 2. The van der Waals surface area contributed by atoms with Crippen molar-refractivity contribution in [1.82, 2.24) is 25.4 Å². The van der Waals surface area contributed by atoms with Gasteiger partial charge in [0, 0.05) is 64.1 Å². The van der Waals surface area contributed by atoms with Gasteiger partial charge in [-0.2, -0.15) is 0 Å². The molecule has 4 aliphatic heterocycles. The highest BCUT2D eigenvalue weighted by molar-refractivity contribution is 5.74. The third-order valence-electron chi connectivity index (χ3n) is 6.77. The molecule has 4 atom stereocenters. The Morgan fingerprint density at radius 2 is 2.03 bits per heavy atom. The number of aromatic nitrogens is 1. The van der Waals surface area contributed by atoms with Gasteiger partial charge in [-0.05, 0) is 57.2 Å². The second-order valence-electron chi connectivity index (χ2n) is 9.18. The van der Waals surface area contributed by atoms with Crippen LogP contribution in [0.5, 0.6) is 0 Å². The van der Waals surface area contributed by atoms with Crippen molar-refractivity contribution in [2.24, 2.45) is 11.8 Å².